The van der Waals surface area contributed by atoms with Gasteiger partial charge >= 0.3 is 0 Å². The molecule has 98 valence electrons. The lowest BCUT2D eigenvalue weighted by molar-refractivity contribution is -0.127. The summed E-state index contributed by atoms with van der Waals surface area (Å²) >= 11 is 0. The van der Waals surface area contributed by atoms with Crippen LogP contribution in [0.15, 0.2) is 18.2 Å². The number of carbonyl (C=O) groups excluding carboxylic acids is 2. The first-order valence-corrected chi connectivity index (χ1v) is 6.05. The Morgan fingerprint density at radius 2 is 1.83 bits per heavy atom. The average molecular weight is 248 g/mol. The van der Waals surface area contributed by atoms with Crippen LogP contribution in [-0.2, 0) is 9.59 Å². The Morgan fingerprint density at radius 3 is 2.44 bits per heavy atom. The van der Waals surface area contributed by atoms with Crippen molar-refractivity contribution in [3.63, 3.8) is 0 Å². The van der Waals surface area contributed by atoms with E-state index in [0.29, 0.717) is 0 Å². The van der Waals surface area contributed by atoms with E-state index in [1.54, 1.807) is 0 Å². The summed E-state index contributed by atoms with van der Waals surface area (Å²) in [6.45, 7) is 7.65. The number of amides is 2. The van der Waals surface area contributed by atoms with Crippen molar-refractivity contribution in [3.8, 4) is 0 Å². The lowest BCUT2D eigenvalue weighted by atomic mass is 10.1. The molecule has 0 fully saturated rings. The maximum absolute atomic E-state index is 11.7. The SMILES string of the molecule is Cc1cccc(NC(=O)CC(=O)NC(C)C)c1C. The van der Waals surface area contributed by atoms with Gasteiger partial charge in [0, 0.05) is 11.7 Å². The Balaban J connectivity index is 2.60. The van der Waals surface area contributed by atoms with E-state index in [4.69, 9.17) is 0 Å². The Bertz CT molecular complexity index is 453. The van der Waals surface area contributed by atoms with E-state index in [1.165, 1.54) is 0 Å². The number of nitrogens with one attached hydrogen (secondary N) is 2. The minimum atomic E-state index is -0.290. The van der Waals surface area contributed by atoms with Crippen LogP contribution in [0.3, 0.4) is 0 Å². The molecule has 0 heterocycles. The molecule has 4 heteroatoms. The van der Waals surface area contributed by atoms with Crippen molar-refractivity contribution >= 4 is 17.5 Å². The first-order chi connectivity index (χ1) is 8.40. The van der Waals surface area contributed by atoms with E-state index in [2.05, 4.69) is 10.6 Å². The van der Waals surface area contributed by atoms with Crippen LogP contribution in [0.1, 0.15) is 31.4 Å². The van der Waals surface area contributed by atoms with Crippen LogP contribution in [0.2, 0.25) is 0 Å². The number of anilines is 1. The molecule has 0 saturated carbocycles. The van der Waals surface area contributed by atoms with Gasteiger partial charge in [-0.25, -0.2) is 0 Å². The maximum Gasteiger partial charge on any atom is 0.233 e. The highest BCUT2D eigenvalue weighted by Crippen LogP contribution is 2.17. The van der Waals surface area contributed by atoms with Crippen LogP contribution in [-0.4, -0.2) is 17.9 Å². The average Bonchev–Trinajstić information content (AvgIpc) is 2.23. The van der Waals surface area contributed by atoms with Crippen LogP contribution < -0.4 is 10.6 Å². The van der Waals surface area contributed by atoms with Crippen LogP contribution in [0, 0.1) is 13.8 Å². The molecular formula is C14H20N2O2. The molecule has 1 aromatic rings. The van der Waals surface area contributed by atoms with Crippen molar-refractivity contribution in [2.24, 2.45) is 0 Å². The first kappa shape index (κ1) is 14.2. The first-order valence-electron chi connectivity index (χ1n) is 6.05. The van der Waals surface area contributed by atoms with Gasteiger partial charge in [-0.15, -0.1) is 0 Å². The molecule has 0 spiro atoms. The van der Waals surface area contributed by atoms with E-state index in [-0.39, 0.29) is 24.3 Å². The minimum Gasteiger partial charge on any atom is -0.353 e. The largest absolute Gasteiger partial charge is 0.353 e. The quantitative estimate of drug-likeness (QED) is 0.802. The van der Waals surface area contributed by atoms with Gasteiger partial charge < -0.3 is 10.6 Å². The molecule has 0 radical (unpaired) electrons. The highest BCUT2D eigenvalue weighted by molar-refractivity contribution is 6.03. The molecular weight excluding hydrogens is 228 g/mol. The van der Waals surface area contributed by atoms with Crippen molar-refractivity contribution in [1.82, 2.24) is 5.32 Å². The van der Waals surface area contributed by atoms with Crippen molar-refractivity contribution < 1.29 is 9.59 Å². The van der Waals surface area contributed by atoms with Crippen molar-refractivity contribution in [2.45, 2.75) is 40.2 Å². The predicted octanol–water partition coefficient (Wildman–Crippen LogP) is 2.16. The van der Waals surface area contributed by atoms with Gasteiger partial charge in [-0.05, 0) is 44.9 Å². The number of carbonyl (C=O) groups is 2. The third-order valence-electron chi connectivity index (χ3n) is 2.65. The number of rotatable bonds is 4. The molecule has 0 bridgehead atoms. The highest BCUT2D eigenvalue weighted by atomic mass is 16.2. The zero-order valence-corrected chi connectivity index (χ0v) is 11.3. The summed E-state index contributed by atoms with van der Waals surface area (Å²) in [5.41, 5.74) is 2.90. The Labute approximate surface area is 108 Å². The molecule has 2 amide bonds. The van der Waals surface area contributed by atoms with E-state index < -0.39 is 0 Å². The topological polar surface area (TPSA) is 58.2 Å². The second kappa shape index (κ2) is 6.19. The Morgan fingerprint density at radius 1 is 1.17 bits per heavy atom. The van der Waals surface area contributed by atoms with Gasteiger partial charge in [-0.2, -0.15) is 0 Å². The fourth-order valence-electron chi connectivity index (χ4n) is 1.60. The maximum atomic E-state index is 11.7. The normalized spacial score (nSPS) is 10.3. The minimum absolute atomic E-state index is 0.0472. The molecule has 0 unspecified atom stereocenters. The van der Waals surface area contributed by atoms with Crippen molar-refractivity contribution in [1.29, 1.82) is 0 Å². The van der Waals surface area contributed by atoms with Crippen LogP contribution in [0.4, 0.5) is 5.69 Å². The fraction of sp³-hybridized carbons (Fsp3) is 0.429. The molecule has 4 nitrogen and oxygen atoms in total. The molecule has 0 aliphatic heterocycles. The van der Waals surface area contributed by atoms with Crippen LogP contribution in [0.25, 0.3) is 0 Å². The highest BCUT2D eigenvalue weighted by Gasteiger charge is 2.11. The van der Waals surface area contributed by atoms with Gasteiger partial charge in [0.15, 0.2) is 0 Å². The molecule has 1 rings (SSSR count). The second-order valence-electron chi connectivity index (χ2n) is 4.69. The van der Waals surface area contributed by atoms with Crippen LogP contribution in [0.5, 0.6) is 0 Å². The molecule has 0 atom stereocenters. The van der Waals surface area contributed by atoms with E-state index in [1.807, 2.05) is 45.9 Å². The molecule has 2 N–H and O–H groups in total. The fourth-order valence-corrected chi connectivity index (χ4v) is 1.60. The molecule has 0 aliphatic rings. The third-order valence-corrected chi connectivity index (χ3v) is 2.65. The summed E-state index contributed by atoms with van der Waals surface area (Å²) in [4.78, 5) is 23.1. The summed E-state index contributed by atoms with van der Waals surface area (Å²) in [6, 6.07) is 5.74. The smallest absolute Gasteiger partial charge is 0.233 e. The Kier molecular flexibility index (Phi) is 4.89. The molecule has 0 saturated heterocycles. The zero-order valence-electron chi connectivity index (χ0n) is 11.3. The van der Waals surface area contributed by atoms with E-state index in [9.17, 15) is 9.59 Å². The summed E-state index contributed by atoms with van der Waals surface area (Å²) in [6.07, 6.45) is -0.147. The summed E-state index contributed by atoms with van der Waals surface area (Å²) in [5, 5.41) is 5.44. The monoisotopic (exact) mass is 248 g/mol. The van der Waals surface area contributed by atoms with Crippen molar-refractivity contribution in [3.05, 3.63) is 29.3 Å². The van der Waals surface area contributed by atoms with Crippen molar-refractivity contribution in [2.75, 3.05) is 5.32 Å². The zero-order chi connectivity index (χ0) is 13.7. The molecule has 18 heavy (non-hydrogen) atoms. The number of benzene rings is 1. The molecule has 0 aromatic heterocycles. The standard InChI is InChI=1S/C14H20N2O2/c1-9(2)15-13(17)8-14(18)16-12-7-5-6-10(3)11(12)4/h5-7,9H,8H2,1-4H3,(H,15,17)(H,16,18). The third kappa shape index (κ3) is 4.20. The lowest BCUT2D eigenvalue weighted by Gasteiger charge is -2.11. The van der Waals surface area contributed by atoms with Gasteiger partial charge in [0.05, 0.1) is 0 Å². The van der Waals surface area contributed by atoms with Gasteiger partial charge in [0.2, 0.25) is 11.8 Å². The number of hydrogen-bond acceptors (Lipinski definition) is 2. The van der Waals surface area contributed by atoms with E-state index in [0.717, 1.165) is 16.8 Å². The molecule has 1 aromatic carbocycles. The number of aryl methyl sites for hydroxylation is 1. The van der Waals surface area contributed by atoms with Gasteiger partial charge in [0.1, 0.15) is 6.42 Å². The van der Waals surface area contributed by atoms with Crippen LogP contribution >= 0.6 is 0 Å². The predicted molar refractivity (Wildman–Crippen MR) is 72.4 cm³/mol. The second-order valence-corrected chi connectivity index (χ2v) is 4.69. The Hall–Kier alpha value is -1.84. The summed E-state index contributed by atoms with van der Waals surface area (Å²) < 4.78 is 0. The van der Waals surface area contributed by atoms with Gasteiger partial charge in [0.25, 0.3) is 0 Å². The lowest BCUT2D eigenvalue weighted by Crippen LogP contribution is -2.33. The van der Waals surface area contributed by atoms with E-state index >= 15 is 0 Å². The summed E-state index contributed by atoms with van der Waals surface area (Å²) in [5.74, 6) is -0.547. The number of hydrogen-bond donors (Lipinski definition) is 2. The van der Waals surface area contributed by atoms with Gasteiger partial charge in [-0.1, -0.05) is 12.1 Å². The van der Waals surface area contributed by atoms with Gasteiger partial charge in [-0.3, -0.25) is 9.59 Å². The molecule has 0 aliphatic carbocycles. The summed E-state index contributed by atoms with van der Waals surface area (Å²) in [7, 11) is 0.